The van der Waals surface area contributed by atoms with Crippen LogP contribution < -0.4 is 0 Å². The van der Waals surface area contributed by atoms with Gasteiger partial charge in [-0.2, -0.15) is 0 Å². The van der Waals surface area contributed by atoms with Gasteiger partial charge >= 0.3 is 0 Å². The summed E-state index contributed by atoms with van der Waals surface area (Å²) in [4.78, 5) is 8.07. The molecule has 0 unspecified atom stereocenters. The van der Waals surface area contributed by atoms with Crippen LogP contribution in [0, 0.1) is 9.39 Å². The molecule has 0 N–H and O–H groups in total. The highest BCUT2D eigenvalue weighted by atomic mass is 127. The minimum Gasteiger partial charge on any atom is -0.260 e. The lowest BCUT2D eigenvalue weighted by Crippen LogP contribution is -1.84. The first-order valence-corrected chi connectivity index (χ1v) is 7.76. The summed E-state index contributed by atoms with van der Waals surface area (Å²) in [5, 5.41) is 1.60. The number of halogens is 4. The highest BCUT2D eigenvalue weighted by Crippen LogP contribution is 2.40. The normalized spacial score (nSPS) is 11.2. The van der Waals surface area contributed by atoms with Gasteiger partial charge in [0.2, 0.25) is 0 Å². The zero-order chi connectivity index (χ0) is 13.6. The average molecular weight is 425 g/mol. The lowest BCUT2D eigenvalue weighted by atomic mass is 10.2. The van der Waals surface area contributed by atoms with E-state index < -0.39 is 5.82 Å². The molecule has 3 aromatic rings. The van der Waals surface area contributed by atoms with Gasteiger partial charge in [0.1, 0.15) is 10.5 Å². The number of pyridine rings is 1. The van der Waals surface area contributed by atoms with E-state index in [1.54, 1.807) is 18.3 Å². The van der Waals surface area contributed by atoms with E-state index in [1.807, 2.05) is 0 Å². The van der Waals surface area contributed by atoms with Crippen molar-refractivity contribution < 1.29 is 4.39 Å². The Kier molecular flexibility index (Phi) is 3.63. The third-order valence-electron chi connectivity index (χ3n) is 2.48. The lowest BCUT2D eigenvalue weighted by Gasteiger charge is -2.04. The molecule has 0 aliphatic heterocycles. The molecule has 2 heterocycles. The smallest absolute Gasteiger partial charge is 0.168 e. The first-order valence-electron chi connectivity index (χ1n) is 5.11. The fourth-order valence-electron chi connectivity index (χ4n) is 1.68. The molecule has 7 heteroatoms. The van der Waals surface area contributed by atoms with Crippen LogP contribution in [0.2, 0.25) is 10.0 Å². The van der Waals surface area contributed by atoms with Gasteiger partial charge < -0.3 is 0 Å². The molecule has 0 saturated carbocycles. The Bertz CT molecular complexity index is 767. The summed E-state index contributed by atoms with van der Waals surface area (Å²) in [6.07, 6.45) is 2.72. The van der Waals surface area contributed by atoms with Crippen LogP contribution in [0.25, 0.3) is 20.8 Å². The second kappa shape index (κ2) is 5.12. The standard InChI is InChI=1S/C12H4Cl2FIN2S/c13-6-1-5(16)2-7(14)10(6)12-18-11-8(15)3-17-4-9(11)19-12/h1-4H. The maximum atomic E-state index is 13.6. The topological polar surface area (TPSA) is 25.8 Å². The van der Waals surface area contributed by atoms with Gasteiger partial charge in [0.25, 0.3) is 0 Å². The van der Waals surface area contributed by atoms with Crippen LogP contribution >= 0.6 is 57.1 Å². The van der Waals surface area contributed by atoms with Crippen LogP contribution in [0.5, 0.6) is 0 Å². The summed E-state index contributed by atoms with van der Waals surface area (Å²) in [5.41, 5.74) is 0.921. The van der Waals surface area contributed by atoms with Gasteiger partial charge in [-0.1, -0.05) is 23.2 Å². The van der Waals surface area contributed by atoms with Gasteiger partial charge in [0, 0.05) is 15.3 Å². The molecule has 0 fully saturated rings. The van der Waals surface area contributed by atoms with Crippen molar-refractivity contribution in [3.63, 3.8) is 0 Å². The summed E-state index contributed by atoms with van der Waals surface area (Å²) in [7, 11) is 0. The van der Waals surface area contributed by atoms with E-state index >= 15 is 0 Å². The highest BCUT2D eigenvalue weighted by molar-refractivity contribution is 14.1. The predicted molar refractivity (Wildman–Crippen MR) is 85.5 cm³/mol. The summed E-state index contributed by atoms with van der Waals surface area (Å²) < 4.78 is 15.2. The Morgan fingerprint density at radius 3 is 2.47 bits per heavy atom. The van der Waals surface area contributed by atoms with Crippen LogP contribution in [0.1, 0.15) is 0 Å². The first kappa shape index (κ1) is 13.5. The SMILES string of the molecule is Fc1cncc2sc(-c3c(Cl)cc(I)cc3Cl)nc12. The Labute approximate surface area is 135 Å². The number of thiazole rings is 1. The molecule has 0 saturated heterocycles. The summed E-state index contributed by atoms with van der Waals surface area (Å²) >= 11 is 15.9. The molecule has 0 aliphatic carbocycles. The Balaban J connectivity index is 2.28. The van der Waals surface area contributed by atoms with Crippen molar-refractivity contribution in [2.45, 2.75) is 0 Å². The lowest BCUT2D eigenvalue weighted by molar-refractivity contribution is 0.631. The monoisotopic (exact) mass is 424 g/mol. The van der Waals surface area contributed by atoms with E-state index in [0.29, 0.717) is 30.8 Å². The molecule has 96 valence electrons. The zero-order valence-electron chi connectivity index (χ0n) is 9.12. The van der Waals surface area contributed by atoms with Gasteiger partial charge in [-0.05, 0) is 34.7 Å². The molecule has 1 aromatic carbocycles. The summed E-state index contributed by atoms with van der Waals surface area (Å²) in [6, 6.07) is 3.59. The molecule has 0 spiro atoms. The van der Waals surface area contributed by atoms with Crippen LogP contribution in [0.4, 0.5) is 4.39 Å². The van der Waals surface area contributed by atoms with Crippen molar-refractivity contribution in [2.75, 3.05) is 0 Å². The van der Waals surface area contributed by atoms with Crippen molar-refractivity contribution in [1.29, 1.82) is 0 Å². The molecule has 0 atom stereocenters. The molecule has 0 aliphatic rings. The zero-order valence-corrected chi connectivity index (χ0v) is 13.6. The van der Waals surface area contributed by atoms with E-state index in [2.05, 4.69) is 32.6 Å². The second-order valence-corrected chi connectivity index (χ2v) is 6.82. The van der Waals surface area contributed by atoms with Crippen LogP contribution in [-0.2, 0) is 0 Å². The molecule has 0 amide bonds. The van der Waals surface area contributed by atoms with Gasteiger partial charge in [-0.3, -0.25) is 4.98 Å². The maximum Gasteiger partial charge on any atom is 0.168 e. The molecule has 3 rings (SSSR count). The van der Waals surface area contributed by atoms with E-state index in [1.165, 1.54) is 11.3 Å². The van der Waals surface area contributed by atoms with Crippen LogP contribution in [-0.4, -0.2) is 9.97 Å². The van der Waals surface area contributed by atoms with E-state index in [-0.39, 0.29) is 0 Å². The van der Waals surface area contributed by atoms with E-state index in [9.17, 15) is 4.39 Å². The Hall–Kier alpha value is -0.500. The first-order chi connectivity index (χ1) is 9.06. The molecule has 0 radical (unpaired) electrons. The molecule has 0 bridgehead atoms. The van der Waals surface area contributed by atoms with Gasteiger partial charge in [0.05, 0.1) is 20.9 Å². The van der Waals surface area contributed by atoms with Gasteiger partial charge in [-0.25, -0.2) is 9.37 Å². The third-order valence-corrected chi connectivity index (χ3v) is 4.71. The number of hydrogen-bond acceptors (Lipinski definition) is 3. The summed E-state index contributed by atoms with van der Waals surface area (Å²) in [6.45, 7) is 0. The van der Waals surface area contributed by atoms with Crippen LogP contribution in [0.3, 0.4) is 0 Å². The van der Waals surface area contributed by atoms with Crippen LogP contribution in [0.15, 0.2) is 24.5 Å². The fourth-order valence-corrected chi connectivity index (χ4v) is 4.47. The number of aromatic nitrogens is 2. The van der Waals surface area contributed by atoms with Crippen molar-refractivity contribution in [3.05, 3.63) is 44.0 Å². The summed E-state index contributed by atoms with van der Waals surface area (Å²) in [5.74, 6) is -0.447. The third kappa shape index (κ3) is 2.44. The van der Waals surface area contributed by atoms with Crippen molar-refractivity contribution in [1.82, 2.24) is 9.97 Å². The largest absolute Gasteiger partial charge is 0.260 e. The van der Waals surface area contributed by atoms with Crippen molar-refractivity contribution in [3.8, 4) is 10.6 Å². The van der Waals surface area contributed by atoms with E-state index in [0.717, 1.165) is 9.77 Å². The molecule has 2 aromatic heterocycles. The Morgan fingerprint density at radius 1 is 1.16 bits per heavy atom. The minimum absolute atomic E-state index is 0.292. The number of fused-ring (bicyclic) bond motifs is 1. The maximum absolute atomic E-state index is 13.6. The fraction of sp³-hybridized carbons (Fsp3) is 0. The number of hydrogen-bond donors (Lipinski definition) is 0. The number of nitrogens with zero attached hydrogens (tertiary/aromatic N) is 2. The van der Waals surface area contributed by atoms with Gasteiger partial charge in [-0.15, -0.1) is 11.3 Å². The molecular formula is C12H4Cl2FIN2S. The quantitative estimate of drug-likeness (QED) is 0.488. The Morgan fingerprint density at radius 2 is 1.84 bits per heavy atom. The minimum atomic E-state index is -0.447. The number of rotatable bonds is 1. The molecule has 19 heavy (non-hydrogen) atoms. The predicted octanol–water partition coefficient (Wildman–Crippen LogP) is 5.41. The van der Waals surface area contributed by atoms with Crippen molar-refractivity contribution in [2.24, 2.45) is 0 Å². The van der Waals surface area contributed by atoms with Gasteiger partial charge in [0.15, 0.2) is 5.82 Å². The second-order valence-electron chi connectivity index (χ2n) is 3.73. The highest BCUT2D eigenvalue weighted by Gasteiger charge is 2.16. The van der Waals surface area contributed by atoms with E-state index in [4.69, 9.17) is 23.2 Å². The number of benzene rings is 1. The molecule has 2 nitrogen and oxygen atoms in total. The van der Waals surface area contributed by atoms with Crippen molar-refractivity contribution >= 4 is 67.3 Å². The average Bonchev–Trinajstić information content (AvgIpc) is 2.72. The molecular weight excluding hydrogens is 421 g/mol.